The zero-order chi connectivity index (χ0) is 14.5. The van der Waals surface area contributed by atoms with Crippen LogP contribution in [0.1, 0.15) is 4.88 Å². The highest BCUT2D eigenvalue weighted by Crippen LogP contribution is 2.29. The van der Waals surface area contributed by atoms with E-state index in [0.717, 1.165) is 4.88 Å². The third-order valence-corrected chi connectivity index (χ3v) is 4.19. The van der Waals surface area contributed by atoms with Gasteiger partial charge < -0.3 is 5.32 Å². The van der Waals surface area contributed by atoms with Crippen LogP contribution in [0.4, 0.5) is 5.69 Å². The van der Waals surface area contributed by atoms with Gasteiger partial charge in [0.1, 0.15) is 0 Å². The number of para-hydroxylation sites is 1. The van der Waals surface area contributed by atoms with Crippen molar-refractivity contribution in [2.24, 2.45) is 5.10 Å². The Morgan fingerprint density at radius 2 is 2.00 bits per heavy atom. The van der Waals surface area contributed by atoms with E-state index in [-0.39, 0.29) is 0 Å². The molecule has 0 atom stereocenters. The van der Waals surface area contributed by atoms with Crippen LogP contribution in [0, 0.1) is 0 Å². The maximum atomic E-state index is 6.07. The van der Waals surface area contributed by atoms with E-state index in [2.05, 4.69) is 10.4 Å². The van der Waals surface area contributed by atoms with Crippen molar-refractivity contribution in [3.8, 4) is 0 Å². The summed E-state index contributed by atoms with van der Waals surface area (Å²) in [6, 6.07) is 9.20. The Labute approximate surface area is 136 Å². The first-order chi connectivity index (χ1) is 9.58. The van der Waals surface area contributed by atoms with Crippen LogP contribution in [-0.2, 0) is 0 Å². The van der Waals surface area contributed by atoms with Crippen molar-refractivity contribution in [1.29, 1.82) is 0 Å². The molecule has 2 rings (SSSR count). The molecule has 1 aromatic heterocycles. The standard InChI is InChI=1S/C13H11Cl2N3S2/c1-18(16-8-9-4-3-7-20-9)13(19)17-12-10(14)5-2-6-11(12)15/h2-8H,1H3,(H,17,19)/b16-8+. The number of nitrogens with one attached hydrogen (secondary N) is 1. The lowest BCUT2D eigenvalue weighted by Crippen LogP contribution is -2.26. The summed E-state index contributed by atoms with van der Waals surface area (Å²) in [6.07, 6.45) is 1.74. The Kier molecular flexibility index (Phi) is 5.37. The molecule has 0 unspecified atom stereocenters. The lowest BCUT2D eigenvalue weighted by atomic mass is 10.3. The highest BCUT2D eigenvalue weighted by molar-refractivity contribution is 7.80. The Morgan fingerprint density at radius 3 is 2.60 bits per heavy atom. The molecule has 20 heavy (non-hydrogen) atoms. The zero-order valence-electron chi connectivity index (χ0n) is 10.5. The molecule has 1 aromatic carbocycles. The summed E-state index contributed by atoms with van der Waals surface area (Å²) >= 11 is 19.0. The van der Waals surface area contributed by atoms with Crippen LogP contribution in [0.3, 0.4) is 0 Å². The van der Waals surface area contributed by atoms with Crippen LogP contribution in [0.25, 0.3) is 0 Å². The Bertz CT molecular complexity index is 606. The van der Waals surface area contributed by atoms with Gasteiger partial charge in [-0.25, -0.2) is 5.01 Å². The summed E-state index contributed by atoms with van der Waals surface area (Å²) in [7, 11) is 1.75. The average molecular weight is 344 g/mol. The fourth-order valence-electron chi connectivity index (χ4n) is 1.37. The van der Waals surface area contributed by atoms with Crippen LogP contribution < -0.4 is 5.32 Å². The molecule has 3 nitrogen and oxygen atoms in total. The highest BCUT2D eigenvalue weighted by Gasteiger charge is 2.09. The zero-order valence-corrected chi connectivity index (χ0v) is 13.7. The summed E-state index contributed by atoms with van der Waals surface area (Å²) in [5, 5.41) is 12.2. The van der Waals surface area contributed by atoms with E-state index in [1.807, 2.05) is 17.5 Å². The second-order valence-corrected chi connectivity index (χ2v) is 5.99. The monoisotopic (exact) mass is 343 g/mol. The number of thiocarbonyl (C=S) groups is 1. The smallest absolute Gasteiger partial charge is 0.193 e. The molecule has 0 fully saturated rings. The summed E-state index contributed by atoms with van der Waals surface area (Å²) < 4.78 is 0. The van der Waals surface area contributed by atoms with Gasteiger partial charge in [-0.2, -0.15) is 5.10 Å². The third kappa shape index (κ3) is 3.93. The predicted molar refractivity (Wildman–Crippen MR) is 92.4 cm³/mol. The van der Waals surface area contributed by atoms with E-state index in [0.29, 0.717) is 20.8 Å². The minimum Gasteiger partial charge on any atom is -0.329 e. The molecule has 0 aliphatic heterocycles. The molecule has 1 N–H and O–H groups in total. The first-order valence-corrected chi connectivity index (χ1v) is 7.68. The van der Waals surface area contributed by atoms with E-state index >= 15 is 0 Å². The molecule has 0 bridgehead atoms. The molecule has 0 saturated heterocycles. The molecule has 7 heteroatoms. The lowest BCUT2D eigenvalue weighted by Gasteiger charge is -2.17. The number of anilines is 1. The van der Waals surface area contributed by atoms with Gasteiger partial charge in [0.15, 0.2) is 5.11 Å². The lowest BCUT2D eigenvalue weighted by molar-refractivity contribution is 0.557. The van der Waals surface area contributed by atoms with Crippen molar-refractivity contribution in [3.05, 3.63) is 50.6 Å². The quantitative estimate of drug-likeness (QED) is 0.496. The summed E-state index contributed by atoms with van der Waals surface area (Å²) in [5.74, 6) is 0. The number of hydrogen-bond acceptors (Lipinski definition) is 3. The number of halogens is 2. The largest absolute Gasteiger partial charge is 0.329 e. The van der Waals surface area contributed by atoms with E-state index in [4.69, 9.17) is 35.4 Å². The first-order valence-electron chi connectivity index (χ1n) is 5.64. The number of nitrogens with zero attached hydrogens (tertiary/aromatic N) is 2. The van der Waals surface area contributed by atoms with Crippen LogP contribution in [0.2, 0.25) is 10.0 Å². The Hall–Kier alpha value is -1.14. The maximum absolute atomic E-state index is 6.07. The third-order valence-electron chi connectivity index (χ3n) is 2.39. The first kappa shape index (κ1) is 15.3. The molecule has 0 aliphatic carbocycles. The molecule has 0 radical (unpaired) electrons. The van der Waals surface area contributed by atoms with Crippen molar-refractivity contribution in [1.82, 2.24) is 5.01 Å². The van der Waals surface area contributed by atoms with E-state index in [1.165, 1.54) is 0 Å². The van der Waals surface area contributed by atoms with Gasteiger partial charge in [-0.3, -0.25) is 0 Å². The van der Waals surface area contributed by atoms with Gasteiger partial charge in [-0.1, -0.05) is 35.3 Å². The molecule has 104 valence electrons. The van der Waals surface area contributed by atoms with E-state index < -0.39 is 0 Å². The Morgan fingerprint density at radius 1 is 1.30 bits per heavy atom. The molecule has 2 aromatic rings. The average Bonchev–Trinajstić information content (AvgIpc) is 2.93. The van der Waals surface area contributed by atoms with Gasteiger partial charge in [0.2, 0.25) is 0 Å². The number of hydrogen-bond donors (Lipinski definition) is 1. The SMILES string of the molecule is CN(/N=C/c1cccs1)C(=S)Nc1c(Cl)cccc1Cl. The minimum atomic E-state index is 0.410. The molecule has 0 aliphatic rings. The molecule has 1 heterocycles. The fraction of sp³-hybridized carbons (Fsp3) is 0.0769. The van der Waals surface area contributed by atoms with Crippen molar-refractivity contribution in [3.63, 3.8) is 0 Å². The fourth-order valence-corrected chi connectivity index (χ4v) is 2.59. The second kappa shape index (κ2) is 7.04. The number of hydrazone groups is 1. The van der Waals surface area contributed by atoms with Gasteiger partial charge >= 0.3 is 0 Å². The number of thiophene rings is 1. The second-order valence-electron chi connectivity index (χ2n) is 3.81. The Balaban J connectivity index is 2.04. The minimum absolute atomic E-state index is 0.410. The van der Waals surface area contributed by atoms with Crippen molar-refractivity contribution >= 4 is 63.8 Å². The van der Waals surface area contributed by atoms with Crippen LogP contribution in [-0.4, -0.2) is 23.4 Å². The molecule has 0 spiro atoms. The molecule has 0 amide bonds. The number of benzene rings is 1. The molecule has 0 saturated carbocycles. The topological polar surface area (TPSA) is 27.6 Å². The van der Waals surface area contributed by atoms with Crippen LogP contribution in [0.5, 0.6) is 0 Å². The maximum Gasteiger partial charge on any atom is 0.193 e. The van der Waals surface area contributed by atoms with Crippen molar-refractivity contribution in [2.45, 2.75) is 0 Å². The van der Waals surface area contributed by atoms with Crippen molar-refractivity contribution in [2.75, 3.05) is 12.4 Å². The summed E-state index contributed by atoms with van der Waals surface area (Å²) in [4.78, 5) is 1.05. The van der Waals surface area contributed by atoms with Gasteiger partial charge in [-0.15, -0.1) is 11.3 Å². The van der Waals surface area contributed by atoms with Crippen LogP contribution >= 0.6 is 46.8 Å². The van der Waals surface area contributed by atoms with Gasteiger partial charge in [0.25, 0.3) is 0 Å². The number of rotatable bonds is 3. The molecular formula is C13H11Cl2N3S2. The van der Waals surface area contributed by atoms with Crippen molar-refractivity contribution < 1.29 is 0 Å². The molecular weight excluding hydrogens is 333 g/mol. The normalized spacial score (nSPS) is 10.8. The van der Waals surface area contributed by atoms with Gasteiger partial charge in [0, 0.05) is 11.9 Å². The van der Waals surface area contributed by atoms with E-state index in [1.54, 1.807) is 47.8 Å². The predicted octanol–water partition coefficient (Wildman–Crippen LogP) is 4.72. The summed E-state index contributed by atoms with van der Waals surface area (Å²) in [5.41, 5.74) is 0.582. The van der Waals surface area contributed by atoms with E-state index in [9.17, 15) is 0 Å². The highest BCUT2D eigenvalue weighted by atomic mass is 35.5. The van der Waals surface area contributed by atoms with Crippen LogP contribution in [0.15, 0.2) is 40.8 Å². The summed E-state index contributed by atoms with van der Waals surface area (Å²) in [6.45, 7) is 0. The van der Waals surface area contributed by atoms with Gasteiger partial charge in [-0.05, 0) is 35.8 Å². The van der Waals surface area contributed by atoms with Gasteiger partial charge in [0.05, 0.1) is 21.9 Å².